The van der Waals surface area contributed by atoms with Crippen molar-refractivity contribution in [3.8, 4) is 17.2 Å². The summed E-state index contributed by atoms with van der Waals surface area (Å²) in [6, 6.07) is 10.5. The van der Waals surface area contributed by atoms with Crippen molar-refractivity contribution < 1.29 is 27.4 Å². The van der Waals surface area contributed by atoms with Gasteiger partial charge in [0.2, 0.25) is 0 Å². The first kappa shape index (κ1) is 23.0. The molecule has 0 aliphatic rings. The van der Waals surface area contributed by atoms with Crippen LogP contribution in [0, 0.1) is 0 Å². The Kier molecular flexibility index (Phi) is 7.65. The van der Waals surface area contributed by atoms with Gasteiger partial charge < -0.3 is 14.2 Å². The van der Waals surface area contributed by atoms with Gasteiger partial charge in [-0.2, -0.15) is 5.10 Å². The minimum atomic E-state index is -4.12. The lowest BCUT2D eigenvalue weighted by atomic mass is 10.3. The molecule has 0 heterocycles. The zero-order valence-corrected chi connectivity index (χ0v) is 18.3. The summed E-state index contributed by atoms with van der Waals surface area (Å²) in [4.78, 5) is 12.3. The minimum absolute atomic E-state index is 0.0565. The summed E-state index contributed by atoms with van der Waals surface area (Å²) >= 11 is 0. The van der Waals surface area contributed by atoms with Crippen LogP contribution in [0.25, 0.3) is 0 Å². The zero-order valence-electron chi connectivity index (χ0n) is 17.5. The summed E-state index contributed by atoms with van der Waals surface area (Å²) in [7, 11) is 0.254. The average molecular weight is 436 g/mol. The molecule has 0 saturated heterocycles. The molecule has 1 amide bonds. The molecule has 0 saturated carbocycles. The van der Waals surface area contributed by atoms with E-state index in [2.05, 4.69) is 10.5 Å². The summed E-state index contributed by atoms with van der Waals surface area (Å²) in [5.74, 6) is 0.607. The molecular weight excluding hydrogens is 410 g/mol. The Morgan fingerprint density at radius 3 is 2.13 bits per heavy atom. The van der Waals surface area contributed by atoms with Gasteiger partial charge in [-0.15, -0.1) is 0 Å². The van der Waals surface area contributed by atoms with Gasteiger partial charge in [0.1, 0.15) is 12.3 Å². The summed E-state index contributed by atoms with van der Waals surface area (Å²) in [5.41, 5.74) is 3.26. The number of hydrazone groups is 1. The van der Waals surface area contributed by atoms with Gasteiger partial charge in [0.15, 0.2) is 11.5 Å². The van der Waals surface area contributed by atoms with E-state index in [9.17, 15) is 13.2 Å². The van der Waals surface area contributed by atoms with Crippen LogP contribution in [0.3, 0.4) is 0 Å². The van der Waals surface area contributed by atoms with Gasteiger partial charge in [0.05, 0.1) is 31.9 Å². The Labute approximate surface area is 176 Å². The summed E-state index contributed by atoms with van der Waals surface area (Å²) < 4.78 is 43.3. The Morgan fingerprint density at radius 1 is 0.967 bits per heavy atom. The van der Waals surface area contributed by atoms with Crippen LogP contribution in [0.2, 0.25) is 0 Å². The number of ether oxygens (including phenoxy) is 3. The number of hydrogen-bond donors (Lipinski definition) is 1. The van der Waals surface area contributed by atoms with Crippen molar-refractivity contribution in [2.45, 2.75) is 18.7 Å². The number of hydrogen-bond acceptors (Lipinski definition) is 7. The molecule has 1 N–H and O–H groups in total. The highest BCUT2D eigenvalue weighted by Crippen LogP contribution is 2.32. The van der Waals surface area contributed by atoms with E-state index in [0.29, 0.717) is 17.2 Å². The topological polar surface area (TPSA) is 107 Å². The lowest BCUT2D eigenvalue weighted by Crippen LogP contribution is -2.39. The van der Waals surface area contributed by atoms with Gasteiger partial charge in [-0.3, -0.25) is 9.10 Å². The van der Waals surface area contributed by atoms with E-state index in [1.165, 1.54) is 39.5 Å². The van der Waals surface area contributed by atoms with E-state index in [1.54, 1.807) is 38.1 Å². The predicted octanol–water partition coefficient (Wildman–Crippen LogP) is 2.42. The largest absolute Gasteiger partial charge is 0.497 e. The molecule has 0 bridgehead atoms. The number of benzene rings is 2. The van der Waals surface area contributed by atoms with Crippen molar-refractivity contribution in [3.05, 3.63) is 42.5 Å². The third kappa shape index (κ3) is 5.41. The average Bonchev–Trinajstić information content (AvgIpc) is 2.75. The molecule has 0 aromatic heterocycles. The van der Waals surface area contributed by atoms with Crippen LogP contribution in [0.1, 0.15) is 13.8 Å². The SMILES string of the molecule is COc1ccc(N(CC(=O)NN=C(C)C)S(=O)(=O)c2ccc(OC)c(OC)c2)cc1. The molecule has 0 unspecified atom stereocenters. The van der Waals surface area contributed by atoms with Crippen LogP contribution in [-0.4, -0.2) is 47.9 Å². The number of carbonyl (C=O) groups is 1. The molecule has 10 heteroatoms. The smallest absolute Gasteiger partial charge is 0.264 e. The van der Waals surface area contributed by atoms with Crippen molar-refractivity contribution in [3.63, 3.8) is 0 Å². The number of nitrogens with zero attached hydrogens (tertiary/aromatic N) is 2. The normalized spacial score (nSPS) is 10.7. The molecule has 9 nitrogen and oxygen atoms in total. The van der Waals surface area contributed by atoms with Gasteiger partial charge >= 0.3 is 0 Å². The molecule has 0 aliphatic heterocycles. The maximum Gasteiger partial charge on any atom is 0.264 e. The molecule has 0 spiro atoms. The first-order chi connectivity index (χ1) is 14.2. The quantitative estimate of drug-likeness (QED) is 0.479. The van der Waals surface area contributed by atoms with Gasteiger partial charge in [-0.1, -0.05) is 0 Å². The molecular formula is C20H25N3O6S. The van der Waals surface area contributed by atoms with Crippen molar-refractivity contribution >= 4 is 27.3 Å². The number of anilines is 1. The number of nitrogens with one attached hydrogen (secondary N) is 1. The molecule has 2 aromatic carbocycles. The van der Waals surface area contributed by atoms with Gasteiger partial charge in [0, 0.05) is 11.8 Å². The van der Waals surface area contributed by atoms with Crippen LogP contribution in [0.4, 0.5) is 5.69 Å². The molecule has 30 heavy (non-hydrogen) atoms. The molecule has 2 rings (SSSR count). The predicted molar refractivity (Wildman–Crippen MR) is 114 cm³/mol. The molecule has 0 radical (unpaired) electrons. The zero-order chi connectivity index (χ0) is 22.3. The van der Waals surface area contributed by atoms with Gasteiger partial charge in [-0.25, -0.2) is 13.8 Å². The van der Waals surface area contributed by atoms with E-state index in [4.69, 9.17) is 14.2 Å². The fraction of sp³-hybridized carbons (Fsp3) is 0.300. The van der Waals surface area contributed by atoms with Crippen LogP contribution in [0.5, 0.6) is 17.2 Å². The van der Waals surface area contributed by atoms with E-state index < -0.39 is 22.5 Å². The Morgan fingerprint density at radius 2 is 1.60 bits per heavy atom. The third-order valence-electron chi connectivity index (χ3n) is 3.99. The van der Waals surface area contributed by atoms with E-state index >= 15 is 0 Å². The van der Waals surface area contributed by atoms with Crippen molar-refractivity contribution in [1.29, 1.82) is 0 Å². The van der Waals surface area contributed by atoms with Gasteiger partial charge in [0.25, 0.3) is 15.9 Å². The highest BCUT2D eigenvalue weighted by atomic mass is 32.2. The monoisotopic (exact) mass is 435 g/mol. The maximum atomic E-state index is 13.4. The molecule has 0 fully saturated rings. The number of rotatable bonds is 9. The Balaban J connectivity index is 2.50. The Bertz CT molecular complexity index is 1020. The van der Waals surface area contributed by atoms with Crippen LogP contribution in [0.15, 0.2) is 52.5 Å². The lowest BCUT2D eigenvalue weighted by Gasteiger charge is -2.24. The fourth-order valence-electron chi connectivity index (χ4n) is 2.51. The summed E-state index contributed by atoms with van der Waals surface area (Å²) in [6.45, 7) is 2.95. The van der Waals surface area contributed by atoms with Crippen molar-refractivity contribution in [2.24, 2.45) is 5.10 Å². The second-order valence-corrected chi connectivity index (χ2v) is 8.18. The van der Waals surface area contributed by atoms with Crippen LogP contribution < -0.4 is 23.9 Å². The second-order valence-electron chi connectivity index (χ2n) is 6.32. The fourth-order valence-corrected chi connectivity index (χ4v) is 3.94. The van der Waals surface area contributed by atoms with Crippen molar-refractivity contribution in [1.82, 2.24) is 5.43 Å². The first-order valence-electron chi connectivity index (χ1n) is 8.91. The number of amides is 1. The highest BCUT2D eigenvalue weighted by Gasteiger charge is 2.28. The molecule has 162 valence electrons. The van der Waals surface area contributed by atoms with Gasteiger partial charge in [-0.05, 0) is 50.2 Å². The second kappa shape index (κ2) is 9.97. The van der Waals surface area contributed by atoms with E-state index in [-0.39, 0.29) is 16.3 Å². The standard InChI is InChI=1S/C20H25N3O6S/c1-14(2)21-22-20(24)13-23(15-6-8-16(27-3)9-7-15)30(25,26)17-10-11-18(28-4)19(12-17)29-5/h6-12H,13H2,1-5H3,(H,22,24). The summed E-state index contributed by atoms with van der Waals surface area (Å²) in [5, 5.41) is 3.84. The molecule has 0 atom stereocenters. The van der Waals surface area contributed by atoms with Crippen molar-refractivity contribution in [2.75, 3.05) is 32.2 Å². The van der Waals surface area contributed by atoms with Crippen LogP contribution >= 0.6 is 0 Å². The summed E-state index contributed by atoms with van der Waals surface area (Å²) in [6.07, 6.45) is 0. The Hall–Kier alpha value is -3.27. The lowest BCUT2D eigenvalue weighted by molar-refractivity contribution is -0.119. The number of sulfonamides is 1. The maximum absolute atomic E-state index is 13.4. The third-order valence-corrected chi connectivity index (χ3v) is 5.76. The minimum Gasteiger partial charge on any atom is -0.497 e. The number of methoxy groups -OCH3 is 3. The van der Waals surface area contributed by atoms with E-state index in [1.807, 2.05) is 0 Å². The first-order valence-corrected chi connectivity index (χ1v) is 10.4. The molecule has 2 aromatic rings. The number of carbonyl (C=O) groups excluding carboxylic acids is 1. The molecule has 0 aliphatic carbocycles. The van der Waals surface area contributed by atoms with Crippen LogP contribution in [-0.2, 0) is 14.8 Å². The van der Waals surface area contributed by atoms with E-state index in [0.717, 1.165) is 4.31 Å². The highest BCUT2D eigenvalue weighted by molar-refractivity contribution is 7.92.